The number of benzene rings is 2. The summed E-state index contributed by atoms with van der Waals surface area (Å²) in [6.07, 6.45) is -5.52. The van der Waals surface area contributed by atoms with Crippen LogP contribution in [-0.4, -0.2) is 84.8 Å². The number of hydrogen-bond donors (Lipinski definition) is 3. The van der Waals surface area contributed by atoms with Gasteiger partial charge >= 0.3 is 12.5 Å². The Hall–Kier alpha value is -3.93. The van der Waals surface area contributed by atoms with E-state index in [0.717, 1.165) is 56.8 Å². The molecule has 268 valence electrons. The van der Waals surface area contributed by atoms with Crippen molar-refractivity contribution in [3.63, 3.8) is 0 Å². The van der Waals surface area contributed by atoms with Crippen LogP contribution in [-0.2, 0) is 39.7 Å². The molecule has 1 saturated heterocycles. The molecule has 0 saturated carbocycles. The molecule has 2 aromatic carbocycles. The number of carbonyl (C=O) groups is 2. The van der Waals surface area contributed by atoms with E-state index in [9.17, 15) is 36.3 Å². The van der Waals surface area contributed by atoms with Crippen LogP contribution in [0.25, 0.3) is 0 Å². The third-order valence-corrected chi connectivity index (χ3v) is 10.9. The highest BCUT2D eigenvalue weighted by molar-refractivity contribution is 7.89. The van der Waals surface area contributed by atoms with E-state index in [1.54, 1.807) is 0 Å². The van der Waals surface area contributed by atoms with Gasteiger partial charge in [-0.2, -0.15) is 4.31 Å². The predicted molar refractivity (Wildman–Crippen MR) is 179 cm³/mol. The number of halogens is 3. The minimum Gasteiger partial charge on any atom is -0.465 e. The van der Waals surface area contributed by atoms with Crippen LogP contribution >= 0.6 is 11.3 Å². The van der Waals surface area contributed by atoms with Crippen molar-refractivity contribution in [1.29, 1.82) is 0 Å². The van der Waals surface area contributed by atoms with E-state index >= 15 is 0 Å². The van der Waals surface area contributed by atoms with E-state index in [1.807, 2.05) is 36.1 Å². The highest BCUT2D eigenvalue weighted by Crippen LogP contribution is 2.33. The summed E-state index contributed by atoms with van der Waals surface area (Å²) in [7, 11) is -4.33. The van der Waals surface area contributed by atoms with Gasteiger partial charge in [0.05, 0.1) is 17.1 Å². The number of sulfonamides is 1. The lowest BCUT2D eigenvalue weighted by atomic mass is 9.87. The number of nitrogens with zero attached hydrogens (tertiary/aromatic N) is 4. The Morgan fingerprint density at radius 3 is 2.27 bits per heavy atom. The largest absolute Gasteiger partial charge is 0.573 e. The van der Waals surface area contributed by atoms with E-state index < -0.39 is 40.2 Å². The van der Waals surface area contributed by atoms with Gasteiger partial charge in [0.25, 0.3) is 0 Å². The van der Waals surface area contributed by atoms with Crippen LogP contribution < -0.4 is 20.7 Å². The summed E-state index contributed by atoms with van der Waals surface area (Å²) in [5, 5.41) is 12.8. The van der Waals surface area contributed by atoms with E-state index in [0.29, 0.717) is 18.1 Å². The van der Waals surface area contributed by atoms with E-state index in [2.05, 4.69) is 35.8 Å². The molecule has 1 aromatic heterocycles. The summed E-state index contributed by atoms with van der Waals surface area (Å²) in [5.41, 5.74) is 7.50. The van der Waals surface area contributed by atoms with Crippen molar-refractivity contribution in [2.75, 3.05) is 37.6 Å². The minimum absolute atomic E-state index is 0.0433. The molecule has 2 aliphatic heterocycles. The molecule has 12 nitrogen and oxygen atoms in total. The van der Waals surface area contributed by atoms with Crippen LogP contribution in [0.3, 0.4) is 0 Å². The fourth-order valence-corrected chi connectivity index (χ4v) is 8.03. The molecule has 5 rings (SSSR count). The van der Waals surface area contributed by atoms with Crippen molar-refractivity contribution in [2.24, 2.45) is 5.73 Å². The molecule has 49 heavy (non-hydrogen) atoms. The molecule has 2 amide bonds. The van der Waals surface area contributed by atoms with Gasteiger partial charge in [-0.1, -0.05) is 63.3 Å². The lowest BCUT2D eigenvalue weighted by molar-refractivity contribution is -0.274. The van der Waals surface area contributed by atoms with E-state index in [-0.39, 0.29) is 43.0 Å². The number of ether oxygens (including phenoxy) is 1. The molecule has 2 aliphatic rings. The smallest absolute Gasteiger partial charge is 0.465 e. The second kappa shape index (κ2) is 15.3. The van der Waals surface area contributed by atoms with Crippen molar-refractivity contribution in [3.05, 3.63) is 70.2 Å². The van der Waals surface area contributed by atoms with Crippen molar-refractivity contribution in [2.45, 2.75) is 69.9 Å². The Kier molecular flexibility index (Phi) is 11.8. The van der Waals surface area contributed by atoms with E-state index in [1.165, 1.54) is 16.2 Å². The number of carbonyl (C=O) groups excluding carboxylic acids is 1. The SMILES string of the molecule is CC(C)(C)c1ccc(CNC(=O)[C@H]2CN(c3nc4c(s3)CN(C(=O)O)CC4)CCN2S(=O)(=O)c2ccc(OC(F)(F)F)cc2)cc1.CCN. The summed E-state index contributed by atoms with van der Waals surface area (Å²) in [6, 6.07) is 10.4. The Morgan fingerprint density at radius 2 is 1.69 bits per heavy atom. The lowest BCUT2D eigenvalue weighted by Crippen LogP contribution is -2.60. The molecular weight excluding hydrogens is 686 g/mol. The molecule has 0 radical (unpaired) electrons. The third-order valence-electron chi connectivity index (χ3n) is 7.85. The Morgan fingerprint density at radius 1 is 1.06 bits per heavy atom. The lowest BCUT2D eigenvalue weighted by Gasteiger charge is -2.39. The number of amides is 2. The molecule has 3 heterocycles. The Balaban J connectivity index is 0.00000174. The topological polar surface area (TPSA) is 158 Å². The number of nitrogens with two attached hydrogens (primary N) is 1. The van der Waals surface area contributed by atoms with Crippen LogP contribution in [0.4, 0.5) is 23.1 Å². The van der Waals surface area contributed by atoms with Gasteiger partial charge in [0.1, 0.15) is 11.8 Å². The molecule has 1 atom stereocenters. The molecule has 0 unspecified atom stereocenters. The summed E-state index contributed by atoms with van der Waals surface area (Å²) < 4.78 is 70.5. The normalized spacial score (nSPS) is 17.1. The summed E-state index contributed by atoms with van der Waals surface area (Å²) in [5.74, 6) is -1.12. The number of piperazine rings is 1. The first kappa shape index (κ1) is 37.9. The van der Waals surface area contributed by atoms with Crippen molar-refractivity contribution in [1.82, 2.24) is 19.5 Å². The number of alkyl halides is 3. The second-order valence-corrected chi connectivity index (χ2v) is 15.4. The average Bonchev–Trinajstić information content (AvgIpc) is 3.47. The maximum Gasteiger partial charge on any atom is 0.573 e. The monoisotopic (exact) mass is 726 g/mol. The molecule has 17 heteroatoms. The summed E-state index contributed by atoms with van der Waals surface area (Å²) in [4.78, 5) is 33.5. The number of hydrogen-bond acceptors (Lipinski definition) is 9. The fourth-order valence-electron chi connectivity index (χ4n) is 5.30. The van der Waals surface area contributed by atoms with Gasteiger partial charge in [-0.3, -0.25) is 4.79 Å². The molecular formula is C32H41F3N6O6S2. The van der Waals surface area contributed by atoms with Crippen molar-refractivity contribution in [3.8, 4) is 5.75 Å². The summed E-state index contributed by atoms with van der Waals surface area (Å²) in [6.45, 7) is 9.61. The zero-order valence-electron chi connectivity index (χ0n) is 27.7. The zero-order valence-corrected chi connectivity index (χ0v) is 29.3. The maximum atomic E-state index is 13.8. The highest BCUT2D eigenvalue weighted by atomic mass is 32.2. The highest BCUT2D eigenvalue weighted by Gasteiger charge is 2.41. The fraction of sp³-hybridized carbons (Fsp3) is 0.469. The van der Waals surface area contributed by atoms with Gasteiger partial charge in [-0.15, -0.1) is 13.2 Å². The quantitative estimate of drug-likeness (QED) is 0.318. The minimum atomic E-state index is -4.94. The number of nitrogens with one attached hydrogen (secondary N) is 1. The molecule has 3 aromatic rings. The van der Waals surface area contributed by atoms with Gasteiger partial charge < -0.3 is 30.7 Å². The Labute approximate surface area is 287 Å². The number of fused-ring (bicyclic) bond motifs is 1. The van der Waals surface area contributed by atoms with Crippen LogP contribution in [0.1, 0.15) is 49.4 Å². The summed E-state index contributed by atoms with van der Waals surface area (Å²) >= 11 is 1.31. The molecule has 1 fully saturated rings. The number of aromatic nitrogens is 1. The average molecular weight is 727 g/mol. The van der Waals surface area contributed by atoms with Crippen LogP contribution in [0.5, 0.6) is 5.75 Å². The molecule has 0 bridgehead atoms. The van der Waals surface area contributed by atoms with Crippen LogP contribution in [0, 0.1) is 0 Å². The van der Waals surface area contributed by atoms with Crippen molar-refractivity contribution >= 4 is 38.5 Å². The molecule has 0 aliphatic carbocycles. The van der Waals surface area contributed by atoms with E-state index in [4.69, 9.17) is 5.73 Å². The number of anilines is 1. The third kappa shape index (κ3) is 9.61. The predicted octanol–water partition coefficient (Wildman–Crippen LogP) is 4.54. The first-order valence-electron chi connectivity index (χ1n) is 15.6. The number of rotatable bonds is 7. The Bertz CT molecular complexity index is 1710. The first-order chi connectivity index (χ1) is 22.9. The van der Waals surface area contributed by atoms with Crippen LogP contribution in [0.15, 0.2) is 53.4 Å². The standard InChI is InChI=1S/C30H34F3N5O6S2.C2H7N/c1-29(2,3)20-6-4-19(5-7-20)16-34-26(39)24-17-36(27-35-23-12-13-37(28(40)41)18-25(23)45-27)14-15-38(24)46(42,43)22-10-8-21(9-11-22)44-30(31,32)33;1-2-3/h4-11,24H,12-18H2,1-3H3,(H,34,39)(H,40,41);2-3H2,1H3/t24-;/m1./s1. The van der Waals surface area contributed by atoms with Gasteiger partial charge in [-0.05, 0) is 47.4 Å². The number of carboxylic acid groups (broad SMARTS) is 1. The van der Waals surface area contributed by atoms with Crippen LogP contribution in [0.2, 0.25) is 0 Å². The molecule has 0 spiro atoms. The van der Waals surface area contributed by atoms with Gasteiger partial charge in [-0.25, -0.2) is 18.2 Å². The van der Waals surface area contributed by atoms with Crippen molar-refractivity contribution < 1.29 is 41.0 Å². The number of thiazole rings is 1. The molecule has 4 N–H and O–H groups in total. The zero-order chi connectivity index (χ0) is 36.1. The van der Waals surface area contributed by atoms with Gasteiger partial charge in [0.15, 0.2) is 5.13 Å². The maximum absolute atomic E-state index is 13.8. The van der Waals surface area contributed by atoms with Gasteiger partial charge in [0.2, 0.25) is 15.9 Å². The van der Waals surface area contributed by atoms with Gasteiger partial charge in [0, 0.05) is 44.0 Å². The first-order valence-corrected chi connectivity index (χ1v) is 17.8. The second-order valence-electron chi connectivity index (χ2n) is 12.5.